The highest BCUT2D eigenvalue weighted by Gasteiger charge is 2.29. The lowest BCUT2D eigenvalue weighted by molar-refractivity contribution is -0.138. The van der Waals surface area contributed by atoms with Crippen molar-refractivity contribution in [1.82, 2.24) is 10.6 Å². The molecular weight excluding hydrogens is 444 g/mol. The van der Waals surface area contributed by atoms with Gasteiger partial charge in [0.2, 0.25) is 5.91 Å². The number of hydrogen-bond donors (Lipinski definition) is 3. The Balaban J connectivity index is 1.51. The molecule has 2 atom stereocenters. The number of amides is 2. The van der Waals surface area contributed by atoms with E-state index in [0.717, 1.165) is 24.0 Å². The second-order valence-electron chi connectivity index (χ2n) is 9.35. The number of rotatable bonds is 13. The van der Waals surface area contributed by atoms with Crippen molar-refractivity contribution >= 4 is 18.0 Å². The van der Waals surface area contributed by atoms with Gasteiger partial charge in [0, 0.05) is 31.3 Å². The number of fused-ring (bicyclic) bond motifs is 3. The van der Waals surface area contributed by atoms with Crippen molar-refractivity contribution in [3.05, 3.63) is 59.7 Å². The predicted molar refractivity (Wildman–Crippen MR) is 135 cm³/mol. The summed E-state index contributed by atoms with van der Waals surface area (Å²) in [4.78, 5) is 35.9. The van der Waals surface area contributed by atoms with Gasteiger partial charge in [-0.25, -0.2) is 4.79 Å². The molecule has 0 aliphatic heterocycles. The molecule has 0 saturated carbocycles. The SMILES string of the molecule is CCCC[C@@H](CC(=O)NCCC(C)CC(=O)O)NC(=O)OCC1c2ccccc2-c2ccccc21. The number of hydrogen-bond acceptors (Lipinski definition) is 4. The number of ether oxygens (including phenoxy) is 1. The van der Waals surface area contributed by atoms with Gasteiger partial charge in [-0.05, 0) is 41.0 Å². The molecule has 0 bridgehead atoms. The first-order valence-corrected chi connectivity index (χ1v) is 12.5. The number of carbonyl (C=O) groups excluding carboxylic acids is 2. The van der Waals surface area contributed by atoms with Gasteiger partial charge in [-0.2, -0.15) is 0 Å². The molecule has 0 radical (unpaired) electrons. The Kier molecular flexibility index (Phi) is 9.70. The average molecular weight is 481 g/mol. The third-order valence-corrected chi connectivity index (χ3v) is 6.49. The monoisotopic (exact) mass is 480 g/mol. The molecule has 7 heteroatoms. The molecule has 2 amide bonds. The minimum absolute atomic E-state index is 0.0114. The summed E-state index contributed by atoms with van der Waals surface area (Å²) < 4.78 is 5.64. The Morgan fingerprint density at radius 2 is 1.60 bits per heavy atom. The lowest BCUT2D eigenvalue weighted by Crippen LogP contribution is -2.40. The Labute approximate surface area is 207 Å². The third-order valence-electron chi connectivity index (χ3n) is 6.49. The molecule has 35 heavy (non-hydrogen) atoms. The summed E-state index contributed by atoms with van der Waals surface area (Å²) in [6.45, 7) is 4.56. The van der Waals surface area contributed by atoms with E-state index in [0.29, 0.717) is 19.4 Å². The average Bonchev–Trinajstić information content (AvgIpc) is 3.14. The van der Waals surface area contributed by atoms with Crippen LogP contribution in [-0.4, -0.2) is 42.3 Å². The van der Waals surface area contributed by atoms with Crippen molar-refractivity contribution in [2.75, 3.05) is 13.2 Å². The molecule has 1 aliphatic carbocycles. The van der Waals surface area contributed by atoms with Gasteiger partial charge in [-0.15, -0.1) is 0 Å². The van der Waals surface area contributed by atoms with Gasteiger partial charge in [-0.3, -0.25) is 9.59 Å². The molecule has 2 aromatic carbocycles. The Morgan fingerprint density at radius 1 is 0.971 bits per heavy atom. The molecule has 1 unspecified atom stereocenters. The predicted octanol–water partition coefficient (Wildman–Crippen LogP) is 5.09. The van der Waals surface area contributed by atoms with Crippen LogP contribution in [0.4, 0.5) is 4.79 Å². The molecule has 0 fully saturated rings. The summed E-state index contributed by atoms with van der Waals surface area (Å²) >= 11 is 0. The highest BCUT2D eigenvalue weighted by molar-refractivity contribution is 5.79. The van der Waals surface area contributed by atoms with Gasteiger partial charge in [0.1, 0.15) is 6.61 Å². The van der Waals surface area contributed by atoms with E-state index in [4.69, 9.17) is 9.84 Å². The standard InChI is InChI=1S/C28H36N2O5/c1-3-4-9-20(17-26(31)29-15-14-19(2)16-27(32)33)30-28(34)35-18-25-23-12-7-5-10-21(23)22-11-6-8-13-24(22)25/h5-8,10-13,19-20,25H,3-4,9,14-18H2,1-2H3,(H,29,31)(H,30,34)(H,32,33)/t19?,20-/m0/s1. The number of aliphatic carboxylic acids is 1. The molecule has 7 nitrogen and oxygen atoms in total. The maximum absolute atomic E-state index is 12.7. The number of carbonyl (C=O) groups is 3. The summed E-state index contributed by atoms with van der Waals surface area (Å²) in [7, 11) is 0. The van der Waals surface area contributed by atoms with E-state index in [1.807, 2.05) is 31.2 Å². The van der Waals surface area contributed by atoms with E-state index in [-0.39, 0.29) is 43.2 Å². The van der Waals surface area contributed by atoms with E-state index in [1.54, 1.807) is 0 Å². The molecule has 3 rings (SSSR count). The first kappa shape index (κ1) is 26.3. The zero-order valence-corrected chi connectivity index (χ0v) is 20.6. The van der Waals surface area contributed by atoms with Gasteiger partial charge in [0.15, 0.2) is 0 Å². The summed E-state index contributed by atoms with van der Waals surface area (Å²) in [6.07, 6.45) is 2.85. The highest BCUT2D eigenvalue weighted by Crippen LogP contribution is 2.44. The van der Waals surface area contributed by atoms with Crippen molar-refractivity contribution in [2.24, 2.45) is 5.92 Å². The maximum Gasteiger partial charge on any atom is 0.407 e. The normalized spacial score (nSPS) is 13.9. The van der Waals surface area contributed by atoms with E-state index in [1.165, 1.54) is 11.1 Å². The third kappa shape index (κ3) is 7.57. The number of benzene rings is 2. The fourth-order valence-electron chi connectivity index (χ4n) is 4.64. The summed E-state index contributed by atoms with van der Waals surface area (Å²) in [6, 6.07) is 16.1. The van der Waals surface area contributed by atoms with Crippen LogP contribution < -0.4 is 10.6 Å². The molecule has 0 saturated heterocycles. The van der Waals surface area contributed by atoms with Crippen LogP contribution in [0.25, 0.3) is 11.1 Å². The number of nitrogens with one attached hydrogen (secondary N) is 2. The van der Waals surface area contributed by atoms with Crippen LogP contribution in [0, 0.1) is 5.92 Å². The van der Waals surface area contributed by atoms with Crippen LogP contribution in [0.15, 0.2) is 48.5 Å². The van der Waals surface area contributed by atoms with Crippen LogP contribution in [-0.2, 0) is 14.3 Å². The lowest BCUT2D eigenvalue weighted by Gasteiger charge is -2.20. The van der Waals surface area contributed by atoms with E-state index in [2.05, 4.69) is 41.8 Å². The van der Waals surface area contributed by atoms with Gasteiger partial charge in [0.05, 0.1) is 0 Å². The Bertz CT molecular complexity index is 976. The molecule has 0 spiro atoms. The Morgan fingerprint density at radius 3 is 2.20 bits per heavy atom. The maximum atomic E-state index is 12.7. The smallest absolute Gasteiger partial charge is 0.407 e. The van der Waals surface area contributed by atoms with Gasteiger partial charge in [-0.1, -0.05) is 75.2 Å². The van der Waals surface area contributed by atoms with Crippen LogP contribution in [0.1, 0.15) is 69.4 Å². The number of alkyl carbamates (subject to hydrolysis) is 1. The van der Waals surface area contributed by atoms with Crippen molar-refractivity contribution in [2.45, 2.75) is 64.3 Å². The first-order chi connectivity index (χ1) is 16.9. The minimum atomic E-state index is -0.837. The largest absolute Gasteiger partial charge is 0.481 e. The van der Waals surface area contributed by atoms with Crippen LogP contribution in [0.2, 0.25) is 0 Å². The van der Waals surface area contributed by atoms with Crippen molar-refractivity contribution < 1.29 is 24.2 Å². The fourth-order valence-corrected chi connectivity index (χ4v) is 4.64. The van der Waals surface area contributed by atoms with Crippen molar-refractivity contribution in [1.29, 1.82) is 0 Å². The first-order valence-electron chi connectivity index (χ1n) is 12.5. The van der Waals surface area contributed by atoms with E-state index >= 15 is 0 Å². The van der Waals surface area contributed by atoms with Crippen LogP contribution in [0.3, 0.4) is 0 Å². The highest BCUT2D eigenvalue weighted by atomic mass is 16.5. The van der Waals surface area contributed by atoms with Crippen LogP contribution in [0.5, 0.6) is 0 Å². The molecule has 188 valence electrons. The van der Waals surface area contributed by atoms with Gasteiger partial charge in [0.25, 0.3) is 0 Å². The number of unbranched alkanes of at least 4 members (excludes halogenated alkanes) is 1. The minimum Gasteiger partial charge on any atom is -0.481 e. The summed E-state index contributed by atoms with van der Waals surface area (Å²) in [5.41, 5.74) is 4.65. The zero-order valence-electron chi connectivity index (χ0n) is 20.6. The summed E-state index contributed by atoms with van der Waals surface area (Å²) in [5.74, 6) is -1.02. The Hall–Kier alpha value is -3.35. The molecule has 3 N–H and O–H groups in total. The van der Waals surface area contributed by atoms with E-state index < -0.39 is 12.1 Å². The zero-order chi connectivity index (χ0) is 25.2. The van der Waals surface area contributed by atoms with E-state index in [9.17, 15) is 14.4 Å². The second kappa shape index (κ2) is 12.9. The molecule has 1 aliphatic rings. The second-order valence-corrected chi connectivity index (χ2v) is 9.35. The summed E-state index contributed by atoms with van der Waals surface area (Å²) in [5, 5.41) is 14.6. The van der Waals surface area contributed by atoms with Gasteiger partial charge >= 0.3 is 12.1 Å². The quantitative estimate of drug-likeness (QED) is 0.370. The number of carboxylic acids is 1. The topological polar surface area (TPSA) is 105 Å². The van der Waals surface area contributed by atoms with Crippen molar-refractivity contribution in [3.8, 4) is 11.1 Å². The molecule has 2 aromatic rings. The van der Waals surface area contributed by atoms with Crippen LogP contribution >= 0.6 is 0 Å². The molecular formula is C28H36N2O5. The fraction of sp³-hybridized carbons (Fsp3) is 0.464. The lowest BCUT2D eigenvalue weighted by atomic mass is 9.98. The van der Waals surface area contributed by atoms with Gasteiger partial charge < -0.3 is 20.5 Å². The molecule has 0 heterocycles. The number of carboxylic acid groups (broad SMARTS) is 1. The van der Waals surface area contributed by atoms with Crippen molar-refractivity contribution in [3.63, 3.8) is 0 Å². The molecule has 0 aromatic heterocycles.